The van der Waals surface area contributed by atoms with Gasteiger partial charge < -0.3 is 10.6 Å². The van der Waals surface area contributed by atoms with Gasteiger partial charge in [0.05, 0.1) is 6.04 Å². The Hall–Kier alpha value is -2.00. The number of hydrogen-bond donors (Lipinski definition) is 2. The number of halogens is 1. The number of urea groups is 1. The third kappa shape index (κ3) is 3.60. The first-order chi connectivity index (χ1) is 10.7. The lowest BCUT2D eigenvalue weighted by molar-refractivity contribution is 0.235. The van der Waals surface area contributed by atoms with Gasteiger partial charge in [-0.25, -0.2) is 4.79 Å². The SMILES string of the molecule is O=C(NCc1cccc(Cl)c1)NC1CCCc2ccccc21. The highest BCUT2D eigenvalue weighted by molar-refractivity contribution is 6.30. The van der Waals surface area contributed by atoms with Crippen molar-refractivity contribution in [3.05, 3.63) is 70.2 Å². The number of aryl methyl sites for hydroxylation is 1. The lowest BCUT2D eigenvalue weighted by atomic mass is 9.88. The summed E-state index contributed by atoms with van der Waals surface area (Å²) < 4.78 is 0. The van der Waals surface area contributed by atoms with Crippen LogP contribution in [0.1, 0.15) is 35.6 Å². The minimum absolute atomic E-state index is 0.101. The Balaban J connectivity index is 1.59. The molecule has 0 aromatic heterocycles. The Labute approximate surface area is 135 Å². The predicted molar refractivity (Wildman–Crippen MR) is 88.9 cm³/mol. The van der Waals surface area contributed by atoms with Crippen molar-refractivity contribution < 1.29 is 4.79 Å². The molecule has 0 saturated carbocycles. The van der Waals surface area contributed by atoms with Gasteiger partial charge in [0.1, 0.15) is 0 Å². The molecule has 0 bridgehead atoms. The van der Waals surface area contributed by atoms with Crippen molar-refractivity contribution in [1.82, 2.24) is 10.6 Å². The van der Waals surface area contributed by atoms with Gasteiger partial charge in [0, 0.05) is 11.6 Å². The number of fused-ring (bicyclic) bond motifs is 1. The summed E-state index contributed by atoms with van der Waals surface area (Å²) in [5.41, 5.74) is 3.58. The molecular formula is C18H19ClN2O. The topological polar surface area (TPSA) is 41.1 Å². The van der Waals surface area contributed by atoms with E-state index in [1.54, 1.807) is 0 Å². The molecule has 1 aliphatic rings. The Morgan fingerprint density at radius 2 is 2.05 bits per heavy atom. The van der Waals surface area contributed by atoms with E-state index in [4.69, 9.17) is 11.6 Å². The minimum Gasteiger partial charge on any atom is -0.334 e. The fraction of sp³-hybridized carbons (Fsp3) is 0.278. The van der Waals surface area contributed by atoms with Crippen molar-refractivity contribution in [2.75, 3.05) is 0 Å². The van der Waals surface area contributed by atoms with E-state index in [2.05, 4.69) is 28.8 Å². The van der Waals surface area contributed by atoms with Crippen LogP contribution in [0.25, 0.3) is 0 Å². The minimum atomic E-state index is -0.137. The summed E-state index contributed by atoms with van der Waals surface area (Å²) in [5, 5.41) is 6.65. The maximum atomic E-state index is 12.1. The van der Waals surface area contributed by atoms with Crippen LogP contribution in [0.3, 0.4) is 0 Å². The summed E-state index contributed by atoms with van der Waals surface area (Å²) in [6.45, 7) is 0.473. The molecule has 2 aromatic rings. The van der Waals surface area contributed by atoms with Gasteiger partial charge in [0.15, 0.2) is 0 Å². The van der Waals surface area contributed by atoms with Gasteiger partial charge >= 0.3 is 6.03 Å². The normalized spacial score (nSPS) is 16.7. The first-order valence-electron chi connectivity index (χ1n) is 7.59. The summed E-state index contributed by atoms with van der Waals surface area (Å²) in [7, 11) is 0. The van der Waals surface area contributed by atoms with Crippen LogP contribution in [0.2, 0.25) is 5.02 Å². The zero-order valence-corrected chi connectivity index (χ0v) is 13.1. The predicted octanol–water partition coefficient (Wildman–Crippen LogP) is 4.22. The van der Waals surface area contributed by atoms with E-state index >= 15 is 0 Å². The summed E-state index contributed by atoms with van der Waals surface area (Å²) >= 11 is 5.94. The first kappa shape index (κ1) is 14.9. The highest BCUT2D eigenvalue weighted by Gasteiger charge is 2.21. The zero-order chi connectivity index (χ0) is 15.4. The third-order valence-electron chi connectivity index (χ3n) is 4.02. The van der Waals surface area contributed by atoms with E-state index in [1.165, 1.54) is 11.1 Å². The molecule has 0 saturated heterocycles. The number of carbonyl (C=O) groups excluding carboxylic acids is 1. The number of carbonyl (C=O) groups is 1. The van der Waals surface area contributed by atoms with Crippen LogP contribution in [-0.4, -0.2) is 6.03 Å². The van der Waals surface area contributed by atoms with Crippen LogP contribution >= 0.6 is 11.6 Å². The second-order valence-electron chi connectivity index (χ2n) is 5.60. The van der Waals surface area contributed by atoms with Crippen LogP contribution in [0, 0.1) is 0 Å². The van der Waals surface area contributed by atoms with E-state index in [0.717, 1.165) is 24.8 Å². The molecular weight excluding hydrogens is 296 g/mol. The summed E-state index contributed by atoms with van der Waals surface area (Å²) in [6.07, 6.45) is 3.19. The quantitative estimate of drug-likeness (QED) is 0.875. The van der Waals surface area contributed by atoms with Crippen molar-refractivity contribution >= 4 is 17.6 Å². The number of benzene rings is 2. The summed E-state index contributed by atoms with van der Waals surface area (Å²) in [4.78, 5) is 12.1. The molecule has 3 nitrogen and oxygen atoms in total. The Kier molecular flexibility index (Phi) is 4.64. The molecule has 1 aliphatic carbocycles. The molecule has 1 unspecified atom stereocenters. The van der Waals surface area contributed by atoms with Crippen molar-refractivity contribution in [2.24, 2.45) is 0 Å². The number of hydrogen-bond acceptors (Lipinski definition) is 1. The van der Waals surface area contributed by atoms with Crippen molar-refractivity contribution in [1.29, 1.82) is 0 Å². The Morgan fingerprint density at radius 1 is 1.18 bits per heavy atom. The standard InChI is InChI=1S/C18H19ClN2O/c19-15-8-3-5-13(11-15)12-20-18(22)21-17-10-4-7-14-6-1-2-9-16(14)17/h1-3,5-6,8-9,11,17H,4,7,10,12H2,(H2,20,21,22). The smallest absolute Gasteiger partial charge is 0.315 e. The second kappa shape index (κ2) is 6.84. The van der Waals surface area contributed by atoms with E-state index in [9.17, 15) is 4.79 Å². The van der Waals surface area contributed by atoms with Crippen LogP contribution in [-0.2, 0) is 13.0 Å². The highest BCUT2D eigenvalue weighted by Crippen LogP contribution is 2.29. The molecule has 2 amide bonds. The largest absolute Gasteiger partial charge is 0.334 e. The van der Waals surface area contributed by atoms with Crippen LogP contribution in [0.15, 0.2) is 48.5 Å². The van der Waals surface area contributed by atoms with Crippen LogP contribution in [0.4, 0.5) is 4.79 Å². The fourth-order valence-corrected chi connectivity index (χ4v) is 3.16. The molecule has 114 valence electrons. The van der Waals surface area contributed by atoms with Gasteiger partial charge in [-0.15, -0.1) is 0 Å². The monoisotopic (exact) mass is 314 g/mol. The fourth-order valence-electron chi connectivity index (χ4n) is 2.94. The molecule has 0 spiro atoms. The van der Waals surface area contributed by atoms with Crippen molar-refractivity contribution in [3.63, 3.8) is 0 Å². The van der Waals surface area contributed by atoms with Gasteiger partial charge in [-0.2, -0.15) is 0 Å². The number of nitrogens with one attached hydrogen (secondary N) is 2. The van der Waals surface area contributed by atoms with Crippen molar-refractivity contribution in [2.45, 2.75) is 31.8 Å². The number of amides is 2. The molecule has 4 heteroatoms. The molecule has 0 heterocycles. The summed E-state index contributed by atoms with van der Waals surface area (Å²) in [6, 6.07) is 15.8. The average Bonchev–Trinajstić information content (AvgIpc) is 2.53. The van der Waals surface area contributed by atoms with Gasteiger partial charge in [-0.05, 0) is 48.1 Å². The van der Waals surface area contributed by atoms with Crippen LogP contribution in [0.5, 0.6) is 0 Å². The zero-order valence-electron chi connectivity index (χ0n) is 12.3. The summed E-state index contributed by atoms with van der Waals surface area (Å²) in [5.74, 6) is 0. The number of rotatable bonds is 3. The van der Waals surface area contributed by atoms with Gasteiger partial charge in [0.25, 0.3) is 0 Å². The lowest BCUT2D eigenvalue weighted by Crippen LogP contribution is -2.38. The molecule has 2 N–H and O–H groups in total. The van der Waals surface area contributed by atoms with Crippen molar-refractivity contribution in [3.8, 4) is 0 Å². The van der Waals surface area contributed by atoms with E-state index in [1.807, 2.05) is 30.3 Å². The maximum absolute atomic E-state index is 12.1. The van der Waals surface area contributed by atoms with Gasteiger partial charge in [-0.3, -0.25) is 0 Å². The molecule has 0 aliphatic heterocycles. The molecule has 0 radical (unpaired) electrons. The van der Waals surface area contributed by atoms with Gasteiger partial charge in [-0.1, -0.05) is 48.0 Å². The maximum Gasteiger partial charge on any atom is 0.315 e. The highest BCUT2D eigenvalue weighted by atomic mass is 35.5. The lowest BCUT2D eigenvalue weighted by Gasteiger charge is -2.26. The molecule has 3 rings (SSSR count). The van der Waals surface area contributed by atoms with Gasteiger partial charge in [0.2, 0.25) is 0 Å². The van der Waals surface area contributed by atoms with E-state index in [-0.39, 0.29) is 12.1 Å². The molecule has 0 fully saturated rings. The third-order valence-corrected chi connectivity index (χ3v) is 4.25. The Morgan fingerprint density at radius 3 is 2.91 bits per heavy atom. The molecule has 2 aromatic carbocycles. The molecule has 1 atom stereocenters. The first-order valence-corrected chi connectivity index (χ1v) is 7.97. The van der Waals surface area contributed by atoms with Crippen LogP contribution < -0.4 is 10.6 Å². The average molecular weight is 315 g/mol. The van der Waals surface area contributed by atoms with E-state index in [0.29, 0.717) is 11.6 Å². The molecule has 22 heavy (non-hydrogen) atoms. The Bertz CT molecular complexity index is 672. The van der Waals surface area contributed by atoms with E-state index < -0.39 is 0 Å². The second-order valence-corrected chi connectivity index (χ2v) is 6.04.